The smallest absolute Gasteiger partial charge is 0.454 e. The fraction of sp³-hybridized carbons (Fsp3) is 0.0909. The lowest BCUT2D eigenvalue weighted by molar-refractivity contribution is -0.165. The summed E-state index contributed by atoms with van der Waals surface area (Å²) in [5, 5.41) is 11.1. The Kier molecular flexibility index (Phi) is 4.09. The van der Waals surface area contributed by atoms with Gasteiger partial charge in [-0.1, -0.05) is 12.1 Å². The summed E-state index contributed by atoms with van der Waals surface area (Å²) in [7, 11) is 0. The molecule has 0 spiro atoms. The van der Waals surface area contributed by atoms with Crippen molar-refractivity contribution in [3.8, 4) is 0 Å². The van der Waals surface area contributed by atoms with Crippen LogP contribution in [-0.4, -0.2) is 23.0 Å². The Bertz CT molecular complexity index is 495. The lowest BCUT2D eigenvalue weighted by Gasteiger charge is -2.05. The first-order valence-corrected chi connectivity index (χ1v) is 4.69. The van der Waals surface area contributed by atoms with Gasteiger partial charge >= 0.3 is 12.1 Å². The highest BCUT2D eigenvalue weighted by molar-refractivity contribution is 5.96. The molecular weight excluding hydrogens is 251 g/mol. The van der Waals surface area contributed by atoms with E-state index in [0.717, 1.165) is 6.20 Å². The standard InChI is InChI=1S/C11H8F3NO3/c12-11(13,14)9(16)5-6-15-8-4-2-1-3-7(8)10(17)18/h1-6,15H,(H,17,18). The van der Waals surface area contributed by atoms with Crippen LogP contribution >= 0.6 is 0 Å². The van der Waals surface area contributed by atoms with E-state index in [-0.39, 0.29) is 11.3 Å². The zero-order valence-corrected chi connectivity index (χ0v) is 8.86. The number of aromatic carboxylic acids is 1. The van der Waals surface area contributed by atoms with E-state index in [9.17, 15) is 22.8 Å². The highest BCUT2D eigenvalue weighted by Crippen LogP contribution is 2.17. The molecule has 0 saturated heterocycles. The minimum absolute atomic E-state index is 0.0937. The number of carboxylic acid groups (broad SMARTS) is 1. The van der Waals surface area contributed by atoms with Crippen molar-refractivity contribution in [3.63, 3.8) is 0 Å². The van der Waals surface area contributed by atoms with Gasteiger partial charge in [-0.25, -0.2) is 4.79 Å². The molecule has 96 valence electrons. The van der Waals surface area contributed by atoms with Gasteiger partial charge in [-0.2, -0.15) is 13.2 Å². The molecule has 0 atom stereocenters. The van der Waals surface area contributed by atoms with Crippen molar-refractivity contribution in [1.29, 1.82) is 0 Å². The molecule has 0 radical (unpaired) electrons. The fourth-order valence-corrected chi connectivity index (χ4v) is 1.10. The molecule has 0 aliphatic carbocycles. The van der Waals surface area contributed by atoms with Crippen LogP contribution in [0.2, 0.25) is 0 Å². The summed E-state index contributed by atoms with van der Waals surface area (Å²) in [5.41, 5.74) is -0.0159. The SMILES string of the molecule is O=C(O)c1ccccc1NC=CC(=O)C(F)(F)F. The summed E-state index contributed by atoms with van der Waals surface area (Å²) in [6.45, 7) is 0. The number of hydrogen-bond donors (Lipinski definition) is 2. The van der Waals surface area contributed by atoms with E-state index < -0.39 is 17.9 Å². The van der Waals surface area contributed by atoms with Gasteiger partial charge in [0.1, 0.15) is 0 Å². The van der Waals surface area contributed by atoms with Crippen LogP contribution in [0, 0.1) is 0 Å². The average molecular weight is 259 g/mol. The van der Waals surface area contributed by atoms with E-state index in [1.807, 2.05) is 0 Å². The topological polar surface area (TPSA) is 66.4 Å². The molecule has 2 N–H and O–H groups in total. The molecular formula is C11H8F3NO3. The molecule has 0 fully saturated rings. The number of allylic oxidation sites excluding steroid dienone is 1. The van der Waals surface area contributed by atoms with E-state index >= 15 is 0 Å². The van der Waals surface area contributed by atoms with Gasteiger partial charge in [0, 0.05) is 12.3 Å². The number of ketones is 1. The summed E-state index contributed by atoms with van der Waals surface area (Å²) < 4.78 is 35.6. The van der Waals surface area contributed by atoms with Crippen molar-refractivity contribution < 1.29 is 27.9 Å². The Labute approximate surface area is 99.7 Å². The Morgan fingerprint density at radius 3 is 2.39 bits per heavy atom. The molecule has 4 nitrogen and oxygen atoms in total. The summed E-state index contributed by atoms with van der Waals surface area (Å²) >= 11 is 0. The van der Waals surface area contributed by atoms with E-state index in [2.05, 4.69) is 5.32 Å². The molecule has 0 aliphatic rings. The second-order valence-corrected chi connectivity index (χ2v) is 3.19. The van der Waals surface area contributed by atoms with Gasteiger partial charge in [0.05, 0.1) is 11.3 Å². The molecule has 0 amide bonds. The van der Waals surface area contributed by atoms with Gasteiger partial charge in [-0.05, 0) is 12.1 Å². The highest BCUT2D eigenvalue weighted by Gasteiger charge is 2.36. The van der Waals surface area contributed by atoms with Gasteiger partial charge < -0.3 is 10.4 Å². The molecule has 0 saturated carbocycles. The third-order valence-electron chi connectivity index (χ3n) is 1.91. The van der Waals surface area contributed by atoms with Crippen LogP contribution in [0.3, 0.4) is 0 Å². The molecule has 0 heterocycles. The van der Waals surface area contributed by atoms with Crippen LogP contribution < -0.4 is 5.32 Å². The van der Waals surface area contributed by atoms with Crippen molar-refractivity contribution in [1.82, 2.24) is 0 Å². The number of benzene rings is 1. The van der Waals surface area contributed by atoms with Crippen LogP contribution in [0.15, 0.2) is 36.5 Å². The Morgan fingerprint density at radius 2 is 1.83 bits per heavy atom. The number of hydrogen-bond acceptors (Lipinski definition) is 3. The second-order valence-electron chi connectivity index (χ2n) is 3.19. The Hall–Kier alpha value is -2.31. The molecule has 0 aliphatic heterocycles. The number of carbonyl (C=O) groups excluding carboxylic acids is 1. The molecule has 0 aromatic heterocycles. The second kappa shape index (κ2) is 5.35. The summed E-state index contributed by atoms with van der Waals surface area (Å²) in [5.74, 6) is -3.25. The number of para-hydroxylation sites is 1. The van der Waals surface area contributed by atoms with Crippen LogP contribution in [0.4, 0.5) is 18.9 Å². The van der Waals surface area contributed by atoms with E-state index in [1.165, 1.54) is 24.3 Å². The van der Waals surface area contributed by atoms with Gasteiger partial charge in [0.2, 0.25) is 0 Å². The summed E-state index contributed by atoms with van der Waals surface area (Å²) in [6.07, 6.45) is -3.90. The van der Waals surface area contributed by atoms with Crippen molar-refractivity contribution in [2.45, 2.75) is 6.18 Å². The minimum Gasteiger partial charge on any atom is -0.478 e. The maximum atomic E-state index is 11.9. The number of carboxylic acids is 1. The Balaban J connectivity index is 2.79. The van der Waals surface area contributed by atoms with Crippen LogP contribution in [0.25, 0.3) is 0 Å². The zero-order valence-electron chi connectivity index (χ0n) is 8.86. The lowest BCUT2D eigenvalue weighted by Crippen LogP contribution is -2.20. The molecule has 0 unspecified atom stereocenters. The Morgan fingerprint density at radius 1 is 1.22 bits per heavy atom. The van der Waals surface area contributed by atoms with E-state index in [4.69, 9.17) is 5.11 Å². The maximum Gasteiger partial charge on any atom is 0.454 e. The zero-order chi connectivity index (χ0) is 13.8. The number of carbonyl (C=O) groups is 2. The predicted octanol–water partition coefficient (Wildman–Crippen LogP) is 2.44. The van der Waals surface area contributed by atoms with Gasteiger partial charge in [0.15, 0.2) is 0 Å². The minimum atomic E-state index is -4.94. The van der Waals surface area contributed by atoms with Crippen molar-refractivity contribution in [3.05, 3.63) is 42.1 Å². The third kappa shape index (κ3) is 3.62. The van der Waals surface area contributed by atoms with Crippen molar-refractivity contribution in [2.24, 2.45) is 0 Å². The van der Waals surface area contributed by atoms with Gasteiger partial charge in [-0.15, -0.1) is 0 Å². The largest absolute Gasteiger partial charge is 0.478 e. The number of alkyl halides is 3. The predicted molar refractivity (Wildman–Crippen MR) is 57.2 cm³/mol. The third-order valence-corrected chi connectivity index (χ3v) is 1.91. The normalized spacial score (nSPS) is 11.5. The number of rotatable bonds is 4. The van der Waals surface area contributed by atoms with Crippen LogP contribution in [0.1, 0.15) is 10.4 Å². The molecule has 1 rings (SSSR count). The number of nitrogens with one attached hydrogen (secondary N) is 1. The lowest BCUT2D eigenvalue weighted by atomic mass is 10.2. The number of anilines is 1. The van der Waals surface area contributed by atoms with Crippen molar-refractivity contribution >= 4 is 17.4 Å². The first-order chi connectivity index (χ1) is 8.32. The molecule has 1 aromatic carbocycles. The summed E-state index contributed by atoms with van der Waals surface area (Å²) in [4.78, 5) is 21.3. The first kappa shape index (κ1) is 13.8. The van der Waals surface area contributed by atoms with E-state index in [0.29, 0.717) is 6.08 Å². The van der Waals surface area contributed by atoms with Gasteiger partial charge in [0.25, 0.3) is 5.78 Å². The van der Waals surface area contributed by atoms with Gasteiger partial charge in [-0.3, -0.25) is 4.79 Å². The fourth-order valence-electron chi connectivity index (χ4n) is 1.10. The van der Waals surface area contributed by atoms with Crippen LogP contribution in [0.5, 0.6) is 0 Å². The monoisotopic (exact) mass is 259 g/mol. The quantitative estimate of drug-likeness (QED) is 0.815. The average Bonchev–Trinajstić information content (AvgIpc) is 2.28. The maximum absolute atomic E-state index is 11.9. The first-order valence-electron chi connectivity index (χ1n) is 4.69. The van der Waals surface area contributed by atoms with E-state index in [1.54, 1.807) is 0 Å². The van der Waals surface area contributed by atoms with Crippen LogP contribution in [-0.2, 0) is 4.79 Å². The summed E-state index contributed by atoms with van der Waals surface area (Å²) in [6, 6.07) is 5.63. The number of halogens is 3. The molecule has 0 bridgehead atoms. The molecule has 7 heteroatoms. The van der Waals surface area contributed by atoms with Crippen molar-refractivity contribution in [2.75, 3.05) is 5.32 Å². The molecule has 1 aromatic rings. The highest BCUT2D eigenvalue weighted by atomic mass is 19.4. The molecule has 18 heavy (non-hydrogen) atoms.